The molecule has 0 heterocycles. The van der Waals surface area contributed by atoms with Crippen LogP contribution in [0.1, 0.15) is 16.7 Å². The minimum atomic E-state index is -0.196. The van der Waals surface area contributed by atoms with Gasteiger partial charge in [-0.1, -0.05) is 66.2 Å². The van der Waals surface area contributed by atoms with Crippen LogP contribution >= 0.6 is 11.6 Å². The minimum absolute atomic E-state index is 0.196. The van der Waals surface area contributed by atoms with E-state index in [1.165, 1.54) is 0 Å². The van der Waals surface area contributed by atoms with Crippen molar-refractivity contribution in [1.82, 2.24) is 5.43 Å². The van der Waals surface area contributed by atoms with E-state index in [2.05, 4.69) is 21.1 Å². The third-order valence-corrected chi connectivity index (χ3v) is 4.40. The van der Waals surface area contributed by atoms with Gasteiger partial charge in [-0.15, -0.1) is 0 Å². The second-order valence-electron chi connectivity index (χ2n) is 6.38. The Bertz CT molecular complexity index is 1040. The number of hydrogen-bond donors (Lipinski definition) is 4. The zero-order valence-corrected chi connectivity index (χ0v) is 16.6. The van der Waals surface area contributed by atoms with Gasteiger partial charge in [0.2, 0.25) is 5.96 Å². The first kappa shape index (κ1) is 20.1. The van der Waals surface area contributed by atoms with E-state index >= 15 is 0 Å². The van der Waals surface area contributed by atoms with Gasteiger partial charge in [0.25, 0.3) is 0 Å². The fourth-order valence-electron chi connectivity index (χ4n) is 2.60. The number of guanidine groups is 1. The molecule has 0 amide bonds. The third-order valence-electron chi connectivity index (χ3n) is 4.07. The average Bonchev–Trinajstić information content (AvgIpc) is 2.71. The lowest BCUT2D eigenvalue weighted by molar-refractivity contribution is 1.00. The summed E-state index contributed by atoms with van der Waals surface area (Å²) in [5, 5.41) is 15.8. The van der Waals surface area contributed by atoms with Crippen LogP contribution in [0.2, 0.25) is 5.02 Å². The highest BCUT2D eigenvalue weighted by Gasteiger charge is 2.00. The zero-order chi connectivity index (χ0) is 20.6. The van der Waals surface area contributed by atoms with Gasteiger partial charge in [-0.2, -0.15) is 10.2 Å². The number of hydrazone groups is 2. The van der Waals surface area contributed by atoms with Crippen LogP contribution in [-0.2, 0) is 0 Å². The minimum Gasteiger partial charge on any atom is -0.369 e. The smallest absolute Gasteiger partial charge is 0.206 e. The molecule has 0 saturated carbocycles. The highest BCUT2D eigenvalue weighted by molar-refractivity contribution is 6.33. The Kier molecular flexibility index (Phi) is 6.60. The maximum absolute atomic E-state index is 7.06. The number of anilines is 1. The molecule has 0 spiro atoms. The van der Waals surface area contributed by atoms with Gasteiger partial charge >= 0.3 is 0 Å². The molecule has 146 valence electrons. The summed E-state index contributed by atoms with van der Waals surface area (Å²) in [5.41, 5.74) is 16.5. The van der Waals surface area contributed by atoms with Gasteiger partial charge in [0.15, 0.2) is 0 Å². The molecular formula is C22H21ClN6. The van der Waals surface area contributed by atoms with Crippen LogP contribution < -0.4 is 16.6 Å². The van der Waals surface area contributed by atoms with Crippen LogP contribution in [0, 0.1) is 12.3 Å². The lowest BCUT2D eigenvalue weighted by atomic mass is 10.0. The standard InChI is InChI=1S/C22H21ClN6/c1-15-2-11-20(23)21(12-15)28-26-13-16-3-7-18(8-4-16)19-9-5-17(6-10-19)14-27-29-22(24)25/h2-14,28H,1H3,(H4,24,25,29)/b26-13+,27-14+. The van der Waals surface area contributed by atoms with E-state index in [4.69, 9.17) is 22.7 Å². The number of aryl methyl sites for hydroxylation is 1. The summed E-state index contributed by atoms with van der Waals surface area (Å²) in [5.74, 6) is -0.196. The molecule has 0 aliphatic carbocycles. The van der Waals surface area contributed by atoms with Crippen molar-refractivity contribution >= 4 is 35.7 Å². The Hall–Kier alpha value is -3.64. The van der Waals surface area contributed by atoms with Crippen LogP contribution in [0.5, 0.6) is 0 Å². The predicted molar refractivity (Wildman–Crippen MR) is 122 cm³/mol. The quantitative estimate of drug-likeness (QED) is 0.275. The van der Waals surface area contributed by atoms with Crippen molar-refractivity contribution in [2.24, 2.45) is 15.9 Å². The SMILES string of the molecule is Cc1ccc(Cl)c(N/N=C/c2ccc(-c3ccc(/C=N/NC(=N)N)cc3)cc2)c1. The van der Waals surface area contributed by atoms with E-state index < -0.39 is 0 Å². The molecule has 3 aromatic carbocycles. The Morgan fingerprint density at radius 1 is 0.897 bits per heavy atom. The number of rotatable bonds is 6. The molecule has 0 bridgehead atoms. The molecule has 6 nitrogen and oxygen atoms in total. The normalized spacial score (nSPS) is 11.1. The van der Waals surface area contributed by atoms with E-state index in [0.717, 1.165) is 33.5 Å². The van der Waals surface area contributed by atoms with Gasteiger partial charge in [0.05, 0.1) is 23.1 Å². The fraction of sp³-hybridized carbons (Fsp3) is 0.0455. The van der Waals surface area contributed by atoms with Crippen molar-refractivity contribution in [1.29, 1.82) is 5.41 Å². The maximum atomic E-state index is 7.06. The monoisotopic (exact) mass is 404 g/mol. The molecule has 0 aromatic heterocycles. The molecule has 5 N–H and O–H groups in total. The fourth-order valence-corrected chi connectivity index (χ4v) is 2.76. The highest BCUT2D eigenvalue weighted by atomic mass is 35.5. The Morgan fingerprint density at radius 2 is 1.45 bits per heavy atom. The zero-order valence-electron chi connectivity index (χ0n) is 15.9. The predicted octanol–water partition coefficient (Wildman–Crippen LogP) is 4.58. The second-order valence-corrected chi connectivity index (χ2v) is 6.79. The lowest BCUT2D eigenvalue weighted by Gasteiger charge is -2.05. The van der Waals surface area contributed by atoms with E-state index in [-0.39, 0.29) is 5.96 Å². The van der Waals surface area contributed by atoms with Gasteiger partial charge in [0.1, 0.15) is 0 Å². The largest absolute Gasteiger partial charge is 0.369 e. The topological polar surface area (TPSA) is 98.6 Å². The van der Waals surface area contributed by atoms with E-state index in [1.54, 1.807) is 12.4 Å². The summed E-state index contributed by atoms with van der Waals surface area (Å²) in [4.78, 5) is 0. The molecule has 0 atom stereocenters. The molecule has 7 heteroatoms. The first-order chi connectivity index (χ1) is 14.0. The number of nitrogens with two attached hydrogens (primary N) is 1. The molecule has 3 rings (SSSR count). The number of nitrogens with one attached hydrogen (secondary N) is 3. The van der Waals surface area contributed by atoms with Crippen LogP contribution in [0.3, 0.4) is 0 Å². The molecule has 0 aliphatic rings. The summed E-state index contributed by atoms with van der Waals surface area (Å²) in [7, 11) is 0. The van der Waals surface area contributed by atoms with Crippen LogP contribution in [-0.4, -0.2) is 18.4 Å². The van der Waals surface area contributed by atoms with Crippen LogP contribution in [0.25, 0.3) is 11.1 Å². The summed E-state index contributed by atoms with van der Waals surface area (Å²) >= 11 is 6.16. The molecule has 0 radical (unpaired) electrons. The van der Waals surface area contributed by atoms with Gasteiger partial charge < -0.3 is 5.73 Å². The molecule has 0 saturated heterocycles. The van der Waals surface area contributed by atoms with E-state index in [0.29, 0.717) is 5.02 Å². The summed E-state index contributed by atoms with van der Waals surface area (Å²) in [6, 6.07) is 21.8. The van der Waals surface area contributed by atoms with Crippen molar-refractivity contribution in [2.45, 2.75) is 6.92 Å². The van der Waals surface area contributed by atoms with Gasteiger partial charge in [0, 0.05) is 0 Å². The second kappa shape index (κ2) is 9.52. The lowest BCUT2D eigenvalue weighted by Crippen LogP contribution is -2.25. The number of halogens is 1. The molecule has 0 aliphatic heterocycles. The molecular weight excluding hydrogens is 384 g/mol. The average molecular weight is 405 g/mol. The Balaban J connectivity index is 1.63. The highest BCUT2D eigenvalue weighted by Crippen LogP contribution is 2.23. The molecule has 0 unspecified atom stereocenters. The first-order valence-electron chi connectivity index (χ1n) is 8.90. The Labute approximate surface area is 174 Å². The van der Waals surface area contributed by atoms with Crippen molar-refractivity contribution in [3.63, 3.8) is 0 Å². The number of hydrogen-bond acceptors (Lipinski definition) is 4. The van der Waals surface area contributed by atoms with Crippen molar-refractivity contribution in [3.05, 3.63) is 88.4 Å². The van der Waals surface area contributed by atoms with E-state index in [9.17, 15) is 0 Å². The number of benzene rings is 3. The molecule has 0 fully saturated rings. The van der Waals surface area contributed by atoms with Gasteiger partial charge in [-0.25, -0.2) is 5.43 Å². The van der Waals surface area contributed by atoms with Gasteiger partial charge in [-0.05, 0) is 46.9 Å². The van der Waals surface area contributed by atoms with Crippen LogP contribution in [0.4, 0.5) is 5.69 Å². The van der Waals surface area contributed by atoms with Crippen molar-refractivity contribution in [2.75, 3.05) is 5.43 Å². The third kappa shape index (κ3) is 5.92. The van der Waals surface area contributed by atoms with Crippen molar-refractivity contribution in [3.8, 4) is 11.1 Å². The van der Waals surface area contributed by atoms with Gasteiger partial charge in [-0.3, -0.25) is 10.8 Å². The van der Waals surface area contributed by atoms with Crippen LogP contribution in [0.15, 0.2) is 76.9 Å². The Morgan fingerprint density at radius 3 is 2.00 bits per heavy atom. The van der Waals surface area contributed by atoms with E-state index in [1.807, 2.05) is 73.7 Å². The van der Waals surface area contributed by atoms with Crippen molar-refractivity contribution < 1.29 is 0 Å². The molecule has 29 heavy (non-hydrogen) atoms. The number of nitrogens with zero attached hydrogens (tertiary/aromatic N) is 2. The molecule has 3 aromatic rings. The maximum Gasteiger partial charge on any atom is 0.206 e. The summed E-state index contributed by atoms with van der Waals surface area (Å²) in [6.45, 7) is 2.01. The first-order valence-corrected chi connectivity index (χ1v) is 9.28. The summed E-state index contributed by atoms with van der Waals surface area (Å²) in [6.07, 6.45) is 3.36. The summed E-state index contributed by atoms with van der Waals surface area (Å²) < 4.78 is 0.